The molecule has 0 nitrogen and oxygen atoms in total. The molecular formula is C23H39F3. The Labute approximate surface area is 159 Å². The van der Waals surface area contributed by atoms with Crippen LogP contribution in [-0.2, 0) is 12.6 Å². The molecule has 0 aromatic heterocycles. The van der Waals surface area contributed by atoms with Gasteiger partial charge in [0.25, 0.3) is 0 Å². The summed E-state index contributed by atoms with van der Waals surface area (Å²) in [5, 5.41) is 0. The molecule has 0 amide bonds. The van der Waals surface area contributed by atoms with E-state index in [9.17, 15) is 13.2 Å². The van der Waals surface area contributed by atoms with Crippen molar-refractivity contribution in [3.8, 4) is 0 Å². The molecule has 1 fully saturated rings. The highest BCUT2D eigenvalue weighted by atomic mass is 19.4. The fourth-order valence-electron chi connectivity index (χ4n) is 2.74. The summed E-state index contributed by atoms with van der Waals surface area (Å²) in [6, 6.07) is 5.78. The monoisotopic (exact) mass is 372 g/mol. The van der Waals surface area contributed by atoms with E-state index in [0.29, 0.717) is 5.92 Å². The summed E-state index contributed by atoms with van der Waals surface area (Å²) in [6.07, 6.45) is 3.93. The van der Waals surface area contributed by atoms with Gasteiger partial charge in [-0.2, -0.15) is 13.2 Å². The first-order valence-corrected chi connectivity index (χ1v) is 10.0. The molecule has 1 aliphatic rings. The molecule has 3 heteroatoms. The lowest BCUT2D eigenvalue weighted by Gasteiger charge is -2.26. The lowest BCUT2D eigenvalue weighted by atomic mass is 9.80. The number of alkyl halides is 3. The van der Waals surface area contributed by atoms with E-state index < -0.39 is 11.7 Å². The van der Waals surface area contributed by atoms with Gasteiger partial charge in [-0.15, -0.1) is 13.2 Å². The minimum absolute atomic E-state index is 0.524. The molecule has 0 spiro atoms. The van der Waals surface area contributed by atoms with Crippen LogP contribution in [0.25, 0.3) is 0 Å². The molecule has 0 atom stereocenters. The maximum Gasteiger partial charge on any atom is 0.416 e. The molecule has 0 saturated heterocycles. The second kappa shape index (κ2) is 16.0. The lowest BCUT2D eigenvalue weighted by molar-refractivity contribution is -0.137. The minimum atomic E-state index is -4.23. The molecular weight excluding hydrogens is 333 g/mol. The molecule has 1 aromatic carbocycles. The van der Waals surface area contributed by atoms with Crippen LogP contribution in [0.15, 0.2) is 37.4 Å². The lowest BCUT2D eigenvalue weighted by Crippen LogP contribution is -2.14. The summed E-state index contributed by atoms with van der Waals surface area (Å²) in [7, 11) is 0. The molecule has 0 unspecified atom stereocenters. The van der Waals surface area contributed by atoms with Crippen molar-refractivity contribution >= 4 is 0 Å². The number of hydrogen-bond donors (Lipinski definition) is 0. The van der Waals surface area contributed by atoms with Crippen LogP contribution in [0.4, 0.5) is 13.2 Å². The Bertz CT molecular complexity index is 427. The molecule has 152 valence electrons. The van der Waals surface area contributed by atoms with Crippen molar-refractivity contribution in [2.45, 2.75) is 85.7 Å². The van der Waals surface area contributed by atoms with Crippen molar-refractivity contribution in [2.75, 3.05) is 0 Å². The highest BCUT2D eigenvalue weighted by molar-refractivity contribution is 5.26. The number of halogens is 3. The largest absolute Gasteiger partial charge is 0.416 e. The maximum absolute atomic E-state index is 12.6. The zero-order valence-electron chi connectivity index (χ0n) is 17.5. The summed E-state index contributed by atoms with van der Waals surface area (Å²) in [6.45, 7) is 16.6. The van der Waals surface area contributed by atoms with Gasteiger partial charge in [0.1, 0.15) is 0 Å². The first-order chi connectivity index (χ1) is 12.4. The number of benzene rings is 1. The Morgan fingerprint density at radius 2 is 1.46 bits per heavy atom. The van der Waals surface area contributed by atoms with Crippen LogP contribution in [0, 0.1) is 11.8 Å². The van der Waals surface area contributed by atoms with Gasteiger partial charge in [0.2, 0.25) is 0 Å². The van der Waals surface area contributed by atoms with E-state index in [0.717, 1.165) is 36.8 Å². The van der Waals surface area contributed by atoms with Gasteiger partial charge in [-0.3, -0.25) is 0 Å². The molecule has 0 aliphatic heterocycles. The highest BCUT2D eigenvalue weighted by Gasteiger charge is 2.30. The van der Waals surface area contributed by atoms with Gasteiger partial charge in [0.05, 0.1) is 5.56 Å². The number of rotatable bonds is 3. The highest BCUT2D eigenvalue weighted by Crippen LogP contribution is 2.33. The fraction of sp³-hybridized carbons (Fsp3) is 0.652. The van der Waals surface area contributed by atoms with Crippen LogP contribution in [-0.4, -0.2) is 0 Å². The van der Waals surface area contributed by atoms with E-state index in [1.807, 2.05) is 19.9 Å². The normalized spacial score (nSPS) is 18.9. The van der Waals surface area contributed by atoms with Crippen LogP contribution < -0.4 is 0 Å². The van der Waals surface area contributed by atoms with Gasteiger partial charge in [-0.25, -0.2) is 0 Å². The molecule has 1 aliphatic carbocycles. The summed E-state index contributed by atoms with van der Waals surface area (Å²) in [4.78, 5) is 0. The second-order valence-corrected chi connectivity index (χ2v) is 6.53. The van der Waals surface area contributed by atoms with Crippen molar-refractivity contribution in [3.63, 3.8) is 0 Å². The Balaban J connectivity index is 0. The topological polar surface area (TPSA) is 0 Å². The molecule has 1 aromatic rings. The third-order valence-corrected chi connectivity index (χ3v) is 4.41. The van der Waals surface area contributed by atoms with Crippen LogP contribution in [0.5, 0.6) is 0 Å². The van der Waals surface area contributed by atoms with Crippen molar-refractivity contribution in [1.82, 2.24) is 0 Å². The molecule has 0 heterocycles. The van der Waals surface area contributed by atoms with Crippen LogP contribution in [0.2, 0.25) is 0 Å². The molecule has 2 rings (SSSR count). The van der Waals surface area contributed by atoms with E-state index in [1.165, 1.54) is 37.8 Å². The van der Waals surface area contributed by atoms with E-state index in [2.05, 4.69) is 33.9 Å². The Kier molecular flexibility index (Phi) is 16.6. The van der Waals surface area contributed by atoms with Gasteiger partial charge in [0, 0.05) is 0 Å². The van der Waals surface area contributed by atoms with Crippen molar-refractivity contribution in [3.05, 3.63) is 48.6 Å². The van der Waals surface area contributed by atoms with Crippen molar-refractivity contribution in [2.24, 2.45) is 11.8 Å². The summed E-state index contributed by atoms with van der Waals surface area (Å²) in [5.41, 5.74) is 0.300. The van der Waals surface area contributed by atoms with Crippen molar-refractivity contribution in [1.29, 1.82) is 0 Å². The average Bonchev–Trinajstić information content (AvgIpc) is 2.67. The zero-order chi connectivity index (χ0) is 20.6. The minimum Gasteiger partial charge on any atom is -0.166 e. The predicted molar refractivity (Wildman–Crippen MR) is 109 cm³/mol. The van der Waals surface area contributed by atoms with Crippen LogP contribution >= 0.6 is 0 Å². The van der Waals surface area contributed by atoms with Crippen LogP contribution in [0.3, 0.4) is 0 Å². The third-order valence-electron chi connectivity index (χ3n) is 4.41. The van der Waals surface area contributed by atoms with Crippen molar-refractivity contribution < 1.29 is 13.2 Å². The standard InChI is InChI=1S/C15H19F3.C4H10.C2H6.C2H4/c1-11-5-7-12(8-6-11)9-13-3-2-4-14(10-13)15(16,17)18;1-3-4-2;2*1-2/h2-4,10-12H,5-9H2,1H3;3-4H2,1-2H3;1-2H3;1-2H2. The summed E-state index contributed by atoms with van der Waals surface area (Å²) < 4.78 is 37.8. The SMILES string of the molecule is C=C.CC.CC1CCC(Cc2cccc(C(F)(F)F)c2)CC1.CCCC. The third kappa shape index (κ3) is 12.2. The summed E-state index contributed by atoms with van der Waals surface area (Å²) >= 11 is 0. The Hall–Kier alpha value is -1.25. The van der Waals surface area contributed by atoms with E-state index in [-0.39, 0.29) is 0 Å². The van der Waals surface area contributed by atoms with Crippen LogP contribution in [0.1, 0.15) is 84.3 Å². The molecule has 1 saturated carbocycles. The number of hydrogen-bond acceptors (Lipinski definition) is 0. The Morgan fingerprint density at radius 1 is 0.962 bits per heavy atom. The number of unbranched alkanes of at least 4 members (excludes halogenated alkanes) is 1. The average molecular weight is 373 g/mol. The van der Waals surface area contributed by atoms with Gasteiger partial charge in [-0.1, -0.05) is 78.5 Å². The molecule has 0 radical (unpaired) electrons. The summed E-state index contributed by atoms with van der Waals surface area (Å²) in [5.74, 6) is 1.34. The second-order valence-electron chi connectivity index (χ2n) is 6.53. The molecule has 0 bridgehead atoms. The van der Waals surface area contributed by atoms with Gasteiger partial charge >= 0.3 is 6.18 Å². The molecule has 0 N–H and O–H groups in total. The van der Waals surface area contributed by atoms with E-state index in [1.54, 1.807) is 0 Å². The van der Waals surface area contributed by atoms with Gasteiger partial charge in [0.15, 0.2) is 0 Å². The van der Waals surface area contributed by atoms with Gasteiger partial charge in [-0.05, 0) is 42.7 Å². The first kappa shape index (κ1) is 27.0. The smallest absolute Gasteiger partial charge is 0.166 e. The first-order valence-electron chi connectivity index (χ1n) is 10.0. The maximum atomic E-state index is 12.6. The molecule has 26 heavy (non-hydrogen) atoms. The predicted octanol–water partition coefficient (Wildman–Crippen LogP) is 8.71. The van der Waals surface area contributed by atoms with E-state index in [4.69, 9.17) is 0 Å². The Morgan fingerprint density at radius 3 is 1.88 bits per heavy atom. The van der Waals surface area contributed by atoms with E-state index >= 15 is 0 Å². The van der Waals surface area contributed by atoms with Gasteiger partial charge < -0.3 is 0 Å². The fourth-order valence-corrected chi connectivity index (χ4v) is 2.74. The quantitative estimate of drug-likeness (QED) is 0.465. The zero-order valence-corrected chi connectivity index (χ0v) is 17.5.